The quantitative estimate of drug-likeness (QED) is 0.787. The van der Waals surface area contributed by atoms with E-state index in [4.69, 9.17) is 0 Å². The van der Waals surface area contributed by atoms with Crippen LogP contribution in [0.15, 0.2) is 40.1 Å². The Bertz CT molecular complexity index is 943. The lowest BCUT2D eigenvalue weighted by atomic mass is 9.93. The number of aliphatic carboxylic acids is 1. The Morgan fingerprint density at radius 3 is 2.54 bits per heavy atom. The van der Waals surface area contributed by atoms with Gasteiger partial charge >= 0.3 is 11.7 Å². The SMILES string of the molecule is Cn1c(=O)[nH]cc(C(=O)N2Cc3ccccc3C[C@H]2C(=O)O)c1=O. The summed E-state index contributed by atoms with van der Waals surface area (Å²) in [4.78, 5) is 51.3. The fourth-order valence-corrected chi connectivity index (χ4v) is 2.83. The molecule has 3 rings (SSSR count). The van der Waals surface area contributed by atoms with E-state index in [1.165, 1.54) is 7.05 Å². The highest BCUT2D eigenvalue weighted by atomic mass is 16.4. The van der Waals surface area contributed by atoms with Gasteiger partial charge in [0.15, 0.2) is 0 Å². The van der Waals surface area contributed by atoms with Crippen molar-refractivity contribution in [2.24, 2.45) is 7.05 Å². The molecule has 1 aromatic heterocycles. The van der Waals surface area contributed by atoms with Crippen LogP contribution in [0.4, 0.5) is 0 Å². The summed E-state index contributed by atoms with van der Waals surface area (Å²) < 4.78 is 0.779. The summed E-state index contributed by atoms with van der Waals surface area (Å²) in [6, 6.07) is 6.20. The lowest BCUT2D eigenvalue weighted by molar-refractivity contribution is -0.142. The number of benzene rings is 1. The zero-order valence-electron chi connectivity index (χ0n) is 12.9. The predicted molar refractivity (Wildman–Crippen MR) is 83.7 cm³/mol. The van der Waals surface area contributed by atoms with Gasteiger partial charge in [-0.25, -0.2) is 9.59 Å². The number of carboxylic acid groups (broad SMARTS) is 1. The van der Waals surface area contributed by atoms with Crippen LogP contribution in [-0.2, 0) is 24.8 Å². The number of carbonyl (C=O) groups excluding carboxylic acids is 1. The van der Waals surface area contributed by atoms with E-state index in [0.717, 1.165) is 26.8 Å². The number of carbonyl (C=O) groups is 2. The molecule has 2 N–H and O–H groups in total. The Kier molecular flexibility index (Phi) is 3.80. The molecule has 0 unspecified atom stereocenters. The number of aromatic nitrogens is 2. The third-order valence-corrected chi connectivity index (χ3v) is 4.20. The maximum absolute atomic E-state index is 12.7. The Hall–Kier alpha value is -3.16. The molecule has 0 fully saturated rings. The Balaban J connectivity index is 2.05. The third kappa shape index (κ3) is 2.51. The lowest BCUT2D eigenvalue weighted by Gasteiger charge is -2.34. The smallest absolute Gasteiger partial charge is 0.328 e. The number of fused-ring (bicyclic) bond motifs is 1. The molecule has 1 amide bonds. The molecule has 1 atom stereocenters. The molecule has 0 bridgehead atoms. The second-order valence-corrected chi connectivity index (χ2v) is 5.63. The summed E-state index contributed by atoms with van der Waals surface area (Å²) in [5.74, 6) is -1.85. The van der Waals surface area contributed by atoms with Gasteiger partial charge in [0.2, 0.25) is 0 Å². The summed E-state index contributed by atoms with van der Waals surface area (Å²) in [5.41, 5.74) is 0.0396. The molecule has 1 aromatic carbocycles. The number of nitrogens with zero attached hydrogens (tertiary/aromatic N) is 2. The lowest BCUT2D eigenvalue weighted by Crippen LogP contribution is -2.50. The van der Waals surface area contributed by atoms with Gasteiger partial charge in [0.1, 0.15) is 11.6 Å². The minimum atomic E-state index is -1.14. The standard InChI is InChI=1S/C16H15N3O5/c1-18-13(20)11(7-17-16(18)24)14(21)19-8-10-5-3-2-4-9(10)6-12(19)15(22)23/h2-5,7,12H,6,8H2,1H3,(H,17,24)(H,22,23)/t12-/m0/s1. The summed E-state index contributed by atoms with van der Waals surface area (Å²) in [6.45, 7) is 0.0915. The number of aromatic amines is 1. The molecule has 1 aliphatic heterocycles. The van der Waals surface area contributed by atoms with E-state index in [0.29, 0.717) is 0 Å². The van der Waals surface area contributed by atoms with Gasteiger partial charge in [-0.05, 0) is 11.1 Å². The number of amides is 1. The van der Waals surface area contributed by atoms with E-state index in [-0.39, 0.29) is 18.5 Å². The van der Waals surface area contributed by atoms with E-state index in [1.807, 2.05) is 24.3 Å². The zero-order chi connectivity index (χ0) is 17.4. The van der Waals surface area contributed by atoms with E-state index in [2.05, 4.69) is 4.98 Å². The molecule has 124 valence electrons. The van der Waals surface area contributed by atoms with Crippen LogP contribution >= 0.6 is 0 Å². The first kappa shape index (κ1) is 15.7. The first-order valence-corrected chi connectivity index (χ1v) is 7.29. The van der Waals surface area contributed by atoms with Crippen LogP contribution in [0.2, 0.25) is 0 Å². The molecule has 24 heavy (non-hydrogen) atoms. The highest BCUT2D eigenvalue weighted by Crippen LogP contribution is 2.24. The van der Waals surface area contributed by atoms with Crippen LogP contribution in [0.5, 0.6) is 0 Å². The van der Waals surface area contributed by atoms with Crippen LogP contribution in [0.3, 0.4) is 0 Å². The minimum absolute atomic E-state index is 0.0915. The van der Waals surface area contributed by atoms with Gasteiger partial charge in [-0.1, -0.05) is 24.3 Å². The van der Waals surface area contributed by atoms with Gasteiger partial charge in [0, 0.05) is 26.2 Å². The van der Waals surface area contributed by atoms with Crippen molar-refractivity contribution in [2.45, 2.75) is 19.0 Å². The third-order valence-electron chi connectivity index (χ3n) is 4.20. The molecule has 0 spiro atoms. The summed E-state index contributed by atoms with van der Waals surface area (Å²) in [5, 5.41) is 9.46. The number of rotatable bonds is 2. The van der Waals surface area contributed by atoms with Crippen LogP contribution in [-0.4, -0.2) is 37.5 Å². The second-order valence-electron chi connectivity index (χ2n) is 5.63. The maximum Gasteiger partial charge on any atom is 0.328 e. The predicted octanol–water partition coefficient (Wildman–Crippen LogP) is -0.275. The van der Waals surface area contributed by atoms with Gasteiger partial charge in [0.05, 0.1) is 0 Å². The van der Waals surface area contributed by atoms with Gasteiger partial charge in [0.25, 0.3) is 11.5 Å². The molecule has 1 aliphatic rings. The van der Waals surface area contributed by atoms with Crippen molar-refractivity contribution in [1.82, 2.24) is 14.5 Å². The van der Waals surface area contributed by atoms with Gasteiger partial charge in [-0.3, -0.25) is 14.2 Å². The number of carboxylic acids is 1. The molecular formula is C16H15N3O5. The minimum Gasteiger partial charge on any atom is -0.480 e. The van der Waals surface area contributed by atoms with Gasteiger partial charge < -0.3 is 15.0 Å². The number of hydrogen-bond donors (Lipinski definition) is 2. The summed E-state index contributed by atoms with van der Waals surface area (Å²) in [6.07, 6.45) is 1.20. The fraction of sp³-hybridized carbons (Fsp3) is 0.250. The number of nitrogens with one attached hydrogen (secondary N) is 1. The zero-order valence-corrected chi connectivity index (χ0v) is 12.9. The Morgan fingerprint density at radius 2 is 1.88 bits per heavy atom. The Labute approximate surface area is 136 Å². The summed E-state index contributed by atoms with van der Waals surface area (Å²) in [7, 11) is 1.25. The maximum atomic E-state index is 12.7. The van der Waals surface area contributed by atoms with Crippen LogP contribution in [0.1, 0.15) is 21.5 Å². The molecular weight excluding hydrogens is 314 g/mol. The highest BCUT2D eigenvalue weighted by Gasteiger charge is 2.36. The van der Waals surface area contributed by atoms with E-state index in [1.54, 1.807) is 0 Å². The van der Waals surface area contributed by atoms with E-state index >= 15 is 0 Å². The monoisotopic (exact) mass is 329 g/mol. The largest absolute Gasteiger partial charge is 0.480 e. The number of H-pyrrole nitrogens is 1. The molecule has 2 aromatic rings. The first-order valence-electron chi connectivity index (χ1n) is 7.29. The average Bonchev–Trinajstić information content (AvgIpc) is 2.58. The average molecular weight is 329 g/mol. The molecule has 0 radical (unpaired) electrons. The fourth-order valence-electron chi connectivity index (χ4n) is 2.83. The van der Waals surface area contributed by atoms with Crippen LogP contribution in [0, 0.1) is 0 Å². The molecule has 0 saturated carbocycles. The van der Waals surface area contributed by atoms with Gasteiger partial charge in [-0.2, -0.15) is 0 Å². The van der Waals surface area contributed by atoms with Gasteiger partial charge in [-0.15, -0.1) is 0 Å². The number of hydrogen-bond acceptors (Lipinski definition) is 4. The molecule has 2 heterocycles. The molecule has 0 saturated heterocycles. The van der Waals surface area contributed by atoms with E-state index in [9.17, 15) is 24.3 Å². The van der Waals surface area contributed by atoms with Crippen molar-refractivity contribution in [3.05, 3.63) is 68.0 Å². The normalized spacial score (nSPS) is 16.5. The first-order chi connectivity index (χ1) is 11.4. The van der Waals surface area contributed by atoms with Crippen molar-refractivity contribution in [1.29, 1.82) is 0 Å². The van der Waals surface area contributed by atoms with Crippen molar-refractivity contribution in [2.75, 3.05) is 0 Å². The van der Waals surface area contributed by atoms with Crippen molar-refractivity contribution in [3.63, 3.8) is 0 Å². The van der Waals surface area contributed by atoms with Crippen molar-refractivity contribution < 1.29 is 14.7 Å². The Morgan fingerprint density at radius 1 is 1.21 bits per heavy atom. The highest BCUT2D eigenvalue weighted by molar-refractivity contribution is 5.96. The summed E-state index contributed by atoms with van der Waals surface area (Å²) >= 11 is 0. The molecule has 8 nitrogen and oxygen atoms in total. The topological polar surface area (TPSA) is 112 Å². The second kappa shape index (κ2) is 5.80. The van der Waals surface area contributed by atoms with Crippen LogP contribution in [0.25, 0.3) is 0 Å². The van der Waals surface area contributed by atoms with Crippen molar-refractivity contribution in [3.8, 4) is 0 Å². The molecule has 8 heteroatoms. The molecule has 0 aliphatic carbocycles. The van der Waals surface area contributed by atoms with E-state index < -0.39 is 29.2 Å². The van der Waals surface area contributed by atoms with Crippen molar-refractivity contribution >= 4 is 11.9 Å². The van der Waals surface area contributed by atoms with Crippen LogP contribution < -0.4 is 11.2 Å².